The van der Waals surface area contributed by atoms with Crippen molar-refractivity contribution in [3.63, 3.8) is 0 Å². The highest BCUT2D eigenvalue weighted by Gasteiger charge is 2.28. The molecule has 20 heavy (non-hydrogen) atoms. The van der Waals surface area contributed by atoms with Crippen molar-refractivity contribution >= 4 is 12.0 Å². The fourth-order valence-electron chi connectivity index (χ4n) is 2.71. The SMILES string of the molecule is CCC1CCCCCN1C(=O)NC(C)(C)CCC(=O)O. The molecule has 5 heteroatoms. The van der Waals surface area contributed by atoms with E-state index in [1.54, 1.807) is 0 Å². The Hall–Kier alpha value is -1.26. The van der Waals surface area contributed by atoms with Gasteiger partial charge >= 0.3 is 12.0 Å². The number of urea groups is 1. The summed E-state index contributed by atoms with van der Waals surface area (Å²) in [6, 6.07) is 0.266. The van der Waals surface area contributed by atoms with E-state index >= 15 is 0 Å². The van der Waals surface area contributed by atoms with Crippen molar-refractivity contribution in [2.45, 2.75) is 77.3 Å². The van der Waals surface area contributed by atoms with E-state index < -0.39 is 11.5 Å². The van der Waals surface area contributed by atoms with Gasteiger partial charge in [0.1, 0.15) is 0 Å². The van der Waals surface area contributed by atoms with Gasteiger partial charge in [-0.25, -0.2) is 4.79 Å². The highest BCUT2D eigenvalue weighted by molar-refractivity contribution is 5.75. The second kappa shape index (κ2) is 7.50. The molecule has 0 spiro atoms. The Morgan fingerprint density at radius 2 is 2.00 bits per heavy atom. The summed E-state index contributed by atoms with van der Waals surface area (Å²) in [5.74, 6) is -0.825. The van der Waals surface area contributed by atoms with Crippen molar-refractivity contribution in [2.24, 2.45) is 0 Å². The van der Waals surface area contributed by atoms with Gasteiger partial charge in [0.15, 0.2) is 0 Å². The van der Waals surface area contributed by atoms with Crippen molar-refractivity contribution in [1.82, 2.24) is 10.2 Å². The normalized spacial score (nSPS) is 20.4. The predicted molar refractivity (Wildman–Crippen MR) is 78.7 cm³/mol. The van der Waals surface area contributed by atoms with Crippen LogP contribution in [0.2, 0.25) is 0 Å². The van der Waals surface area contributed by atoms with Crippen LogP contribution in [0, 0.1) is 0 Å². The van der Waals surface area contributed by atoms with E-state index in [9.17, 15) is 9.59 Å². The summed E-state index contributed by atoms with van der Waals surface area (Å²) in [5, 5.41) is 11.8. The smallest absolute Gasteiger partial charge is 0.318 e. The molecular weight excluding hydrogens is 256 g/mol. The van der Waals surface area contributed by atoms with Gasteiger partial charge in [-0.3, -0.25) is 4.79 Å². The van der Waals surface area contributed by atoms with E-state index in [-0.39, 0.29) is 12.5 Å². The van der Waals surface area contributed by atoms with Gasteiger partial charge in [0, 0.05) is 24.5 Å². The molecule has 0 aromatic heterocycles. The summed E-state index contributed by atoms with van der Waals surface area (Å²) >= 11 is 0. The first-order valence-electron chi connectivity index (χ1n) is 7.66. The fraction of sp³-hybridized carbons (Fsp3) is 0.867. The van der Waals surface area contributed by atoms with E-state index in [1.165, 1.54) is 12.8 Å². The third kappa shape index (κ3) is 5.39. The summed E-state index contributed by atoms with van der Waals surface area (Å²) in [6.45, 7) is 6.68. The molecule has 116 valence electrons. The average Bonchev–Trinajstić information content (AvgIpc) is 2.61. The summed E-state index contributed by atoms with van der Waals surface area (Å²) < 4.78 is 0. The zero-order valence-electron chi connectivity index (χ0n) is 12.9. The highest BCUT2D eigenvalue weighted by atomic mass is 16.4. The van der Waals surface area contributed by atoms with E-state index in [4.69, 9.17) is 5.11 Å². The highest BCUT2D eigenvalue weighted by Crippen LogP contribution is 2.20. The number of hydrogen-bond donors (Lipinski definition) is 2. The third-order valence-electron chi connectivity index (χ3n) is 4.02. The largest absolute Gasteiger partial charge is 0.481 e. The second-order valence-electron chi connectivity index (χ2n) is 6.31. The number of aliphatic carboxylic acids is 1. The molecule has 0 radical (unpaired) electrons. The number of carbonyl (C=O) groups excluding carboxylic acids is 1. The lowest BCUT2D eigenvalue weighted by atomic mass is 9.98. The molecular formula is C15H28N2O3. The summed E-state index contributed by atoms with van der Waals surface area (Å²) in [7, 11) is 0. The number of rotatable bonds is 5. The molecule has 1 saturated heterocycles. The zero-order valence-corrected chi connectivity index (χ0v) is 12.9. The van der Waals surface area contributed by atoms with E-state index in [2.05, 4.69) is 12.2 Å². The lowest BCUT2D eigenvalue weighted by Gasteiger charge is -2.34. The van der Waals surface area contributed by atoms with Crippen molar-refractivity contribution < 1.29 is 14.7 Å². The van der Waals surface area contributed by atoms with Gasteiger partial charge in [-0.05, 0) is 39.5 Å². The molecule has 1 aliphatic heterocycles. The van der Waals surface area contributed by atoms with Gasteiger partial charge in [0.2, 0.25) is 0 Å². The molecule has 2 N–H and O–H groups in total. The van der Waals surface area contributed by atoms with Gasteiger partial charge in [0.25, 0.3) is 0 Å². The Morgan fingerprint density at radius 3 is 2.60 bits per heavy atom. The minimum Gasteiger partial charge on any atom is -0.481 e. The molecule has 1 atom stereocenters. The number of nitrogens with one attached hydrogen (secondary N) is 1. The number of likely N-dealkylation sites (tertiary alicyclic amines) is 1. The van der Waals surface area contributed by atoms with Crippen LogP contribution < -0.4 is 5.32 Å². The minimum absolute atomic E-state index is 0.0471. The second-order valence-corrected chi connectivity index (χ2v) is 6.31. The lowest BCUT2D eigenvalue weighted by Crippen LogP contribution is -2.53. The Kier molecular flexibility index (Phi) is 6.30. The van der Waals surface area contributed by atoms with Gasteiger partial charge < -0.3 is 15.3 Å². The zero-order chi connectivity index (χ0) is 15.2. The number of carboxylic acid groups (broad SMARTS) is 1. The number of amides is 2. The molecule has 0 saturated carbocycles. The number of hydrogen-bond acceptors (Lipinski definition) is 2. The maximum atomic E-state index is 12.4. The molecule has 1 heterocycles. The van der Waals surface area contributed by atoms with Gasteiger partial charge in [-0.1, -0.05) is 19.8 Å². The molecule has 0 bridgehead atoms. The first-order valence-corrected chi connectivity index (χ1v) is 7.66. The van der Waals surface area contributed by atoms with Crippen LogP contribution in [0.15, 0.2) is 0 Å². The maximum Gasteiger partial charge on any atom is 0.318 e. The van der Waals surface area contributed by atoms with E-state index in [0.717, 1.165) is 25.8 Å². The predicted octanol–water partition coefficient (Wildman–Crippen LogP) is 2.99. The molecule has 5 nitrogen and oxygen atoms in total. The molecule has 0 aliphatic carbocycles. The Morgan fingerprint density at radius 1 is 1.30 bits per heavy atom. The maximum absolute atomic E-state index is 12.4. The summed E-state index contributed by atoms with van der Waals surface area (Å²) in [6.07, 6.45) is 5.98. The quantitative estimate of drug-likeness (QED) is 0.815. The average molecular weight is 284 g/mol. The first-order chi connectivity index (χ1) is 9.35. The van der Waals surface area contributed by atoms with Crippen LogP contribution in [0.3, 0.4) is 0 Å². The van der Waals surface area contributed by atoms with Crippen molar-refractivity contribution in [1.29, 1.82) is 0 Å². The van der Waals surface area contributed by atoms with Gasteiger partial charge in [0.05, 0.1) is 0 Å². The molecule has 1 fully saturated rings. The molecule has 2 amide bonds. The molecule has 0 aromatic rings. The van der Waals surface area contributed by atoms with Crippen LogP contribution in [-0.2, 0) is 4.79 Å². The first kappa shape index (κ1) is 16.8. The van der Waals surface area contributed by atoms with Crippen LogP contribution in [0.5, 0.6) is 0 Å². The molecule has 1 aliphatic rings. The topological polar surface area (TPSA) is 69.6 Å². The molecule has 1 unspecified atom stereocenters. The monoisotopic (exact) mass is 284 g/mol. The Balaban J connectivity index is 2.60. The fourth-order valence-corrected chi connectivity index (χ4v) is 2.71. The van der Waals surface area contributed by atoms with Crippen molar-refractivity contribution in [3.8, 4) is 0 Å². The Labute approximate surface area is 121 Å². The van der Waals surface area contributed by atoms with Crippen LogP contribution in [0.4, 0.5) is 4.79 Å². The molecule has 0 aromatic carbocycles. The van der Waals surface area contributed by atoms with E-state index in [0.29, 0.717) is 12.5 Å². The summed E-state index contributed by atoms with van der Waals surface area (Å²) in [5.41, 5.74) is -0.486. The van der Waals surface area contributed by atoms with E-state index in [1.807, 2.05) is 18.7 Å². The van der Waals surface area contributed by atoms with Crippen LogP contribution in [0.25, 0.3) is 0 Å². The standard InChI is InChI=1S/C15H28N2O3/c1-4-12-8-6-5-7-11-17(12)14(20)16-15(2,3)10-9-13(18)19/h12H,4-11H2,1-3H3,(H,16,20)(H,18,19). The van der Waals surface area contributed by atoms with Crippen molar-refractivity contribution in [3.05, 3.63) is 0 Å². The van der Waals surface area contributed by atoms with Crippen LogP contribution in [0.1, 0.15) is 65.7 Å². The molecule has 1 rings (SSSR count). The number of carboxylic acids is 1. The Bertz CT molecular complexity index is 342. The van der Waals surface area contributed by atoms with Gasteiger partial charge in [-0.2, -0.15) is 0 Å². The minimum atomic E-state index is -0.825. The lowest BCUT2D eigenvalue weighted by molar-refractivity contribution is -0.137. The van der Waals surface area contributed by atoms with Gasteiger partial charge in [-0.15, -0.1) is 0 Å². The number of nitrogens with zero attached hydrogens (tertiary/aromatic N) is 1. The number of carbonyl (C=O) groups is 2. The summed E-state index contributed by atoms with van der Waals surface area (Å²) in [4.78, 5) is 25.0. The third-order valence-corrected chi connectivity index (χ3v) is 4.02. The van der Waals surface area contributed by atoms with Crippen molar-refractivity contribution in [2.75, 3.05) is 6.54 Å². The van der Waals surface area contributed by atoms with Crippen LogP contribution >= 0.6 is 0 Å². The van der Waals surface area contributed by atoms with Crippen LogP contribution in [-0.4, -0.2) is 40.1 Å².